The van der Waals surface area contributed by atoms with Gasteiger partial charge in [0.25, 0.3) is 0 Å². The number of halogens is 1. The second-order valence-electron chi connectivity index (χ2n) is 4.33. The van der Waals surface area contributed by atoms with Crippen molar-refractivity contribution in [1.29, 1.82) is 0 Å². The van der Waals surface area contributed by atoms with Crippen LogP contribution >= 0.6 is 23.8 Å². The quantitative estimate of drug-likeness (QED) is 0.459. The van der Waals surface area contributed by atoms with Crippen molar-refractivity contribution < 1.29 is 5.11 Å². The molecule has 21 heavy (non-hydrogen) atoms. The maximum Gasteiger partial charge on any atom is 0.191 e. The van der Waals surface area contributed by atoms with E-state index in [4.69, 9.17) is 23.8 Å². The molecule has 6 heteroatoms. The molecule has 3 N–H and O–H groups in total. The van der Waals surface area contributed by atoms with Crippen LogP contribution in [-0.2, 0) is 0 Å². The second-order valence-corrected chi connectivity index (χ2v) is 5.14. The molecule has 2 rings (SSSR count). The highest BCUT2D eigenvalue weighted by atomic mass is 35.5. The van der Waals surface area contributed by atoms with Crippen molar-refractivity contribution in [2.45, 2.75) is 6.92 Å². The molecule has 0 radical (unpaired) electrons. The Kier molecular flexibility index (Phi) is 5.14. The minimum absolute atomic E-state index is 0.216. The summed E-state index contributed by atoms with van der Waals surface area (Å²) in [5, 5.41) is 17.3. The number of phenols is 1. The van der Waals surface area contributed by atoms with Gasteiger partial charge in [-0.1, -0.05) is 17.7 Å². The van der Waals surface area contributed by atoms with Crippen molar-refractivity contribution in [3.05, 3.63) is 58.6 Å². The average molecular weight is 320 g/mol. The molecule has 0 bridgehead atoms. The number of nitrogens with zero attached hydrogens (tertiary/aromatic N) is 1. The normalized spacial score (nSPS) is 10.6. The van der Waals surface area contributed by atoms with Crippen LogP contribution in [-0.4, -0.2) is 16.4 Å². The number of phenolic OH excluding ortho intramolecular Hbond substituents is 1. The Morgan fingerprint density at radius 2 is 1.95 bits per heavy atom. The van der Waals surface area contributed by atoms with Gasteiger partial charge in [-0.2, -0.15) is 5.10 Å². The third-order valence-corrected chi connectivity index (χ3v) is 3.39. The Balaban J connectivity index is 1.93. The number of thiocarbonyl (C=S) groups is 1. The van der Waals surface area contributed by atoms with Gasteiger partial charge in [-0.25, -0.2) is 0 Å². The van der Waals surface area contributed by atoms with E-state index in [1.54, 1.807) is 30.5 Å². The molecule has 0 aliphatic carbocycles. The van der Waals surface area contributed by atoms with E-state index in [-0.39, 0.29) is 5.75 Å². The third-order valence-electron chi connectivity index (χ3n) is 2.79. The zero-order valence-electron chi connectivity index (χ0n) is 11.3. The Morgan fingerprint density at radius 3 is 2.67 bits per heavy atom. The molecule has 0 unspecified atom stereocenters. The van der Waals surface area contributed by atoms with Crippen LogP contribution in [0, 0.1) is 6.92 Å². The summed E-state index contributed by atoms with van der Waals surface area (Å²) in [5.41, 5.74) is 5.33. The molecular formula is C15H14ClN3OS. The number of hydrazone groups is 1. The van der Waals surface area contributed by atoms with E-state index >= 15 is 0 Å². The fourth-order valence-electron chi connectivity index (χ4n) is 1.62. The van der Waals surface area contributed by atoms with Crippen molar-refractivity contribution >= 4 is 40.8 Å². The van der Waals surface area contributed by atoms with E-state index in [1.807, 2.05) is 25.1 Å². The van der Waals surface area contributed by atoms with Crippen molar-refractivity contribution in [3.8, 4) is 5.75 Å². The lowest BCUT2D eigenvalue weighted by Crippen LogP contribution is -2.24. The monoisotopic (exact) mass is 319 g/mol. The van der Waals surface area contributed by atoms with Crippen molar-refractivity contribution in [1.82, 2.24) is 5.43 Å². The second kappa shape index (κ2) is 7.06. The standard InChI is InChI=1S/C15H14ClN3OS/c1-10-13(16)3-2-4-14(10)18-15(21)19-17-9-11-5-7-12(20)8-6-11/h2-9,20H,1H3,(H2,18,19,21)/b17-9+. The minimum Gasteiger partial charge on any atom is -0.508 e. The molecule has 0 heterocycles. The lowest BCUT2D eigenvalue weighted by atomic mass is 10.2. The maximum absolute atomic E-state index is 9.18. The lowest BCUT2D eigenvalue weighted by Gasteiger charge is -2.10. The number of nitrogens with one attached hydrogen (secondary N) is 2. The first-order valence-corrected chi connectivity index (χ1v) is 6.99. The summed E-state index contributed by atoms with van der Waals surface area (Å²) < 4.78 is 0. The SMILES string of the molecule is Cc1c(Cl)cccc1NC(=S)N/N=C/c1ccc(O)cc1. The average Bonchev–Trinajstić information content (AvgIpc) is 2.46. The fourth-order valence-corrected chi connectivity index (χ4v) is 1.96. The van der Waals surface area contributed by atoms with Gasteiger partial charge in [0.05, 0.1) is 6.21 Å². The van der Waals surface area contributed by atoms with Crippen molar-refractivity contribution in [2.75, 3.05) is 5.32 Å². The Bertz CT molecular complexity index is 671. The number of benzene rings is 2. The van der Waals surface area contributed by atoms with Gasteiger partial charge >= 0.3 is 0 Å². The number of aromatic hydroxyl groups is 1. The summed E-state index contributed by atoms with van der Waals surface area (Å²) in [4.78, 5) is 0. The molecule has 0 aliphatic rings. The van der Waals surface area contributed by atoms with E-state index in [2.05, 4.69) is 15.8 Å². The minimum atomic E-state index is 0.216. The zero-order chi connectivity index (χ0) is 15.2. The summed E-state index contributed by atoms with van der Waals surface area (Å²) in [6.07, 6.45) is 1.61. The molecule has 0 spiro atoms. The van der Waals surface area contributed by atoms with E-state index in [0.717, 1.165) is 16.8 Å². The molecule has 0 saturated heterocycles. The van der Waals surface area contributed by atoms with Crippen LogP contribution in [0.3, 0.4) is 0 Å². The van der Waals surface area contributed by atoms with E-state index in [1.165, 1.54) is 0 Å². The van der Waals surface area contributed by atoms with Crippen molar-refractivity contribution in [3.63, 3.8) is 0 Å². The van der Waals surface area contributed by atoms with Crippen LogP contribution in [0.5, 0.6) is 5.75 Å². The number of hydrogen-bond acceptors (Lipinski definition) is 3. The van der Waals surface area contributed by atoms with Gasteiger partial charge in [0.2, 0.25) is 0 Å². The smallest absolute Gasteiger partial charge is 0.191 e. The van der Waals surface area contributed by atoms with Gasteiger partial charge in [-0.3, -0.25) is 5.43 Å². The molecule has 2 aromatic carbocycles. The number of anilines is 1. The zero-order valence-corrected chi connectivity index (χ0v) is 12.9. The molecular weight excluding hydrogens is 306 g/mol. The van der Waals surface area contributed by atoms with Crippen LogP contribution in [0.25, 0.3) is 0 Å². The molecule has 2 aromatic rings. The Labute approximate surface area is 133 Å². The van der Waals surface area contributed by atoms with Crippen LogP contribution < -0.4 is 10.7 Å². The first-order chi connectivity index (χ1) is 10.1. The van der Waals surface area contributed by atoms with Crippen LogP contribution in [0.1, 0.15) is 11.1 Å². The summed E-state index contributed by atoms with van der Waals surface area (Å²) in [5.74, 6) is 0.216. The Hall–Kier alpha value is -2.11. The molecule has 0 fully saturated rings. The molecule has 0 aliphatic heterocycles. The molecule has 0 saturated carbocycles. The molecule has 0 atom stereocenters. The predicted octanol–water partition coefficient (Wildman–Crippen LogP) is 3.67. The van der Waals surface area contributed by atoms with E-state index in [0.29, 0.717) is 10.1 Å². The highest BCUT2D eigenvalue weighted by Gasteiger charge is 2.03. The van der Waals surface area contributed by atoms with Crippen LogP contribution in [0.15, 0.2) is 47.6 Å². The molecule has 108 valence electrons. The summed E-state index contributed by atoms with van der Waals surface area (Å²) in [6.45, 7) is 1.91. The van der Waals surface area contributed by atoms with E-state index < -0.39 is 0 Å². The van der Waals surface area contributed by atoms with Gasteiger partial charge in [-0.15, -0.1) is 0 Å². The molecule has 0 amide bonds. The third kappa shape index (κ3) is 4.44. The summed E-state index contributed by atoms with van der Waals surface area (Å²) >= 11 is 11.2. The lowest BCUT2D eigenvalue weighted by molar-refractivity contribution is 0.475. The largest absolute Gasteiger partial charge is 0.508 e. The van der Waals surface area contributed by atoms with Gasteiger partial charge in [0, 0.05) is 10.7 Å². The summed E-state index contributed by atoms with van der Waals surface area (Å²) in [7, 11) is 0. The van der Waals surface area contributed by atoms with Gasteiger partial charge < -0.3 is 10.4 Å². The number of hydrogen-bond donors (Lipinski definition) is 3. The van der Waals surface area contributed by atoms with Gasteiger partial charge in [0.15, 0.2) is 5.11 Å². The van der Waals surface area contributed by atoms with Gasteiger partial charge in [0.1, 0.15) is 5.75 Å². The summed E-state index contributed by atoms with van der Waals surface area (Å²) in [6, 6.07) is 12.2. The van der Waals surface area contributed by atoms with Crippen molar-refractivity contribution in [2.24, 2.45) is 5.10 Å². The van der Waals surface area contributed by atoms with Gasteiger partial charge in [-0.05, 0) is 66.7 Å². The van der Waals surface area contributed by atoms with Crippen LogP contribution in [0.4, 0.5) is 5.69 Å². The molecule has 4 nitrogen and oxygen atoms in total. The highest BCUT2D eigenvalue weighted by Crippen LogP contribution is 2.22. The predicted molar refractivity (Wildman–Crippen MR) is 91.2 cm³/mol. The van der Waals surface area contributed by atoms with Crippen LogP contribution in [0.2, 0.25) is 5.02 Å². The Morgan fingerprint density at radius 1 is 1.24 bits per heavy atom. The maximum atomic E-state index is 9.18. The molecule has 0 aromatic heterocycles. The first-order valence-electron chi connectivity index (χ1n) is 6.20. The number of rotatable bonds is 3. The fraction of sp³-hybridized carbons (Fsp3) is 0.0667. The topological polar surface area (TPSA) is 56.7 Å². The highest BCUT2D eigenvalue weighted by molar-refractivity contribution is 7.80. The van der Waals surface area contributed by atoms with E-state index in [9.17, 15) is 5.11 Å². The first kappa shape index (κ1) is 15.3.